The zero-order chi connectivity index (χ0) is 7.84. The zero-order valence-electron chi connectivity index (χ0n) is 5.98. The van der Waals surface area contributed by atoms with Gasteiger partial charge in [0, 0.05) is 9.50 Å². The summed E-state index contributed by atoms with van der Waals surface area (Å²) in [6.07, 6.45) is 2.64. The molecule has 0 saturated heterocycles. The van der Waals surface area contributed by atoms with Gasteiger partial charge in [-0.3, -0.25) is 0 Å². The number of benzene rings is 1. The molecule has 2 heteroatoms. The number of halogens is 2. The summed E-state index contributed by atoms with van der Waals surface area (Å²) in [7, 11) is 0. The summed E-state index contributed by atoms with van der Waals surface area (Å²) in [4.78, 5) is 0. The van der Waals surface area contributed by atoms with Gasteiger partial charge < -0.3 is 0 Å². The third-order valence-corrected chi connectivity index (χ3v) is 2.93. The molecule has 1 aromatic carbocycles. The number of hydrogen-bond donors (Lipinski definition) is 0. The predicted molar refractivity (Wildman–Crippen MR) is 51.1 cm³/mol. The number of hydrogen-bond acceptors (Lipinski definition) is 0. The highest BCUT2D eigenvalue weighted by molar-refractivity contribution is 9.10. The van der Waals surface area contributed by atoms with Crippen LogP contribution in [0.25, 0.3) is 0 Å². The maximum absolute atomic E-state index is 5.87. The molecular formula is C9H8BrCl. The van der Waals surface area contributed by atoms with Crippen molar-refractivity contribution in [1.82, 2.24) is 0 Å². The maximum atomic E-state index is 5.87. The topological polar surface area (TPSA) is 0 Å². The van der Waals surface area contributed by atoms with Crippen LogP contribution in [-0.4, -0.2) is 0 Å². The van der Waals surface area contributed by atoms with E-state index in [0.717, 1.165) is 10.9 Å². The quantitative estimate of drug-likeness (QED) is 0.686. The van der Waals surface area contributed by atoms with Gasteiger partial charge in [0.05, 0.1) is 0 Å². The van der Waals surface area contributed by atoms with Gasteiger partial charge in [-0.1, -0.05) is 27.5 Å². The smallest absolute Gasteiger partial charge is 0.0409 e. The second kappa shape index (κ2) is 2.80. The standard InChI is InChI=1S/C9H8BrCl/c10-9-4-3-7(11)5-8(9)6-1-2-6/h3-6H,1-2H2. The Balaban J connectivity index is 2.42. The minimum absolute atomic E-state index is 0.767. The first kappa shape index (κ1) is 7.63. The van der Waals surface area contributed by atoms with Crippen LogP contribution in [-0.2, 0) is 0 Å². The Hall–Kier alpha value is -0.0100. The van der Waals surface area contributed by atoms with Gasteiger partial charge in [-0.2, -0.15) is 0 Å². The average Bonchev–Trinajstić information content (AvgIpc) is 2.76. The van der Waals surface area contributed by atoms with E-state index in [4.69, 9.17) is 11.6 Å². The molecule has 0 radical (unpaired) electrons. The van der Waals surface area contributed by atoms with Crippen LogP contribution in [0.2, 0.25) is 5.02 Å². The van der Waals surface area contributed by atoms with E-state index in [1.54, 1.807) is 0 Å². The highest BCUT2D eigenvalue weighted by Gasteiger charge is 2.25. The summed E-state index contributed by atoms with van der Waals surface area (Å²) in [6.45, 7) is 0. The van der Waals surface area contributed by atoms with Gasteiger partial charge in [-0.05, 0) is 42.5 Å². The summed E-state index contributed by atoms with van der Waals surface area (Å²) in [6, 6.07) is 6.00. The van der Waals surface area contributed by atoms with Gasteiger partial charge in [-0.25, -0.2) is 0 Å². The molecule has 1 fully saturated rings. The van der Waals surface area contributed by atoms with Crippen LogP contribution in [0.4, 0.5) is 0 Å². The predicted octanol–water partition coefficient (Wildman–Crippen LogP) is 3.98. The highest BCUT2D eigenvalue weighted by atomic mass is 79.9. The van der Waals surface area contributed by atoms with E-state index in [0.29, 0.717) is 0 Å². The first-order chi connectivity index (χ1) is 5.27. The Morgan fingerprint density at radius 2 is 2.09 bits per heavy atom. The molecule has 0 unspecified atom stereocenters. The molecule has 0 nitrogen and oxygen atoms in total. The number of rotatable bonds is 1. The Morgan fingerprint density at radius 1 is 1.36 bits per heavy atom. The molecule has 1 saturated carbocycles. The maximum Gasteiger partial charge on any atom is 0.0409 e. The lowest BCUT2D eigenvalue weighted by molar-refractivity contribution is 1.12. The molecule has 0 aromatic heterocycles. The van der Waals surface area contributed by atoms with Gasteiger partial charge in [0.1, 0.15) is 0 Å². The van der Waals surface area contributed by atoms with Crippen LogP contribution in [0.3, 0.4) is 0 Å². The van der Waals surface area contributed by atoms with Crippen molar-refractivity contribution in [3.8, 4) is 0 Å². The Kier molecular flexibility index (Phi) is 1.94. The fraction of sp³-hybridized carbons (Fsp3) is 0.333. The molecule has 0 heterocycles. The van der Waals surface area contributed by atoms with Gasteiger partial charge in [-0.15, -0.1) is 0 Å². The first-order valence-electron chi connectivity index (χ1n) is 3.72. The third-order valence-electron chi connectivity index (χ3n) is 1.98. The lowest BCUT2D eigenvalue weighted by Gasteiger charge is -2.01. The van der Waals surface area contributed by atoms with Crippen LogP contribution in [0.1, 0.15) is 24.3 Å². The fourth-order valence-electron chi connectivity index (χ4n) is 1.22. The largest absolute Gasteiger partial charge is 0.0843 e. The van der Waals surface area contributed by atoms with Crippen molar-refractivity contribution in [2.24, 2.45) is 0 Å². The van der Waals surface area contributed by atoms with Crippen molar-refractivity contribution < 1.29 is 0 Å². The van der Waals surface area contributed by atoms with Crippen molar-refractivity contribution in [2.45, 2.75) is 18.8 Å². The molecule has 0 spiro atoms. The Labute approximate surface area is 79.7 Å². The normalized spacial score (nSPS) is 16.9. The zero-order valence-corrected chi connectivity index (χ0v) is 8.32. The van der Waals surface area contributed by atoms with E-state index in [-0.39, 0.29) is 0 Å². The summed E-state index contributed by atoms with van der Waals surface area (Å²) in [5.74, 6) is 0.767. The molecule has 58 valence electrons. The molecule has 11 heavy (non-hydrogen) atoms. The average molecular weight is 232 g/mol. The third kappa shape index (κ3) is 1.60. The molecule has 0 atom stereocenters. The van der Waals surface area contributed by atoms with Gasteiger partial charge in [0.25, 0.3) is 0 Å². The van der Waals surface area contributed by atoms with E-state index in [1.165, 1.54) is 22.9 Å². The molecule has 0 amide bonds. The second-order valence-corrected chi connectivity index (χ2v) is 4.23. The molecular weight excluding hydrogens is 223 g/mol. The van der Waals surface area contributed by atoms with Gasteiger partial charge in [0.2, 0.25) is 0 Å². The summed E-state index contributed by atoms with van der Waals surface area (Å²) < 4.78 is 1.20. The van der Waals surface area contributed by atoms with Crippen LogP contribution in [0, 0.1) is 0 Å². The Morgan fingerprint density at radius 3 is 2.73 bits per heavy atom. The van der Waals surface area contributed by atoms with Crippen molar-refractivity contribution in [2.75, 3.05) is 0 Å². The van der Waals surface area contributed by atoms with Crippen molar-refractivity contribution in [3.63, 3.8) is 0 Å². The molecule has 2 rings (SSSR count). The van der Waals surface area contributed by atoms with E-state index < -0.39 is 0 Å². The lowest BCUT2D eigenvalue weighted by atomic mass is 10.1. The summed E-state index contributed by atoms with van der Waals surface area (Å²) in [5.41, 5.74) is 1.37. The molecule has 1 aromatic rings. The van der Waals surface area contributed by atoms with E-state index in [2.05, 4.69) is 22.0 Å². The lowest BCUT2D eigenvalue weighted by Crippen LogP contribution is -1.80. The highest BCUT2D eigenvalue weighted by Crippen LogP contribution is 2.43. The minimum Gasteiger partial charge on any atom is -0.0843 e. The van der Waals surface area contributed by atoms with Gasteiger partial charge in [0.15, 0.2) is 0 Å². The minimum atomic E-state index is 0.767. The Bertz CT molecular complexity index is 279. The summed E-state index contributed by atoms with van der Waals surface area (Å²) in [5, 5.41) is 0.843. The summed E-state index contributed by atoms with van der Waals surface area (Å²) >= 11 is 9.38. The molecule has 0 N–H and O–H groups in total. The molecule has 0 bridgehead atoms. The van der Waals surface area contributed by atoms with Crippen LogP contribution in [0.15, 0.2) is 22.7 Å². The van der Waals surface area contributed by atoms with Crippen LogP contribution in [0.5, 0.6) is 0 Å². The molecule has 0 aliphatic heterocycles. The van der Waals surface area contributed by atoms with Crippen molar-refractivity contribution in [3.05, 3.63) is 33.3 Å². The van der Waals surface area contributed by atoms with E-state index in [1.807, 2.05) is 12.1 Å². The van der Waals surface area contributed by atoms with Crippen molar-refractivity contribution in [1.29, 1.82) is 0 Å². The van der Waals surface area contributed by atoms with Gasteiger partial charge >= 0.3 is 0 Å². The second-order valence-electron chi connectivity index (χ2n) is 2.94. The van der Waals surface area contributed by atoms with Crippen LogP contribution < -0.4 is 0 Å². The van der Waals surface area contributed by atoms with E-state index in [9.17, 15) is 0 Å². The SMILES string of the molecule is Clc1ccc(Br)c(C2CC2)c1. The fourth-order valence-corrected chi connectivity index (χ4v) is 1.97. The first-order valence-corrected chi connectivity index (χ1v) is 4.89. The molecule has 1 aliphatic rings. The van der Waals surface area contributed by atoms with Crippen molar-refractivity contribution >= 4 is 27.5 Å². The molecule has 1 aliphatic carbocycles. The van der Waals surface area contributed by atoms with Crippen LogP contribution >= 0.6 is 27.5 Å². The van der Waals surface area contributed by atoms with E-state index >= 15 is 0 Å². The monoisotopic (exact) mass is 230 g/mol.